The lowest BCUT2D eigenvalue weighted by atomic mass is 10.2. The van der Waals surface area contributed by atoms with Gasteiger partial charge in [-0.1, -0.05) is 0 Å². The summed E-state index contributed by atoms with van der Waals surface area (Å²) in [6, 6.07) is 5.27. The molecule has 1 aromatic carbocycles. The highest BCUT2D eigenvalue weighted by Gasteiger charge is 2.45. The standard InChI is InChI=1S/C13H18N2O3/c1-3-18-11-8-9(4-5-10(11)17-2)15-12(16)13(14)6-7-13/h4-5,8H,3,6-7,14H2,1-2H3,(H,15,16). The summed E-state index contributed by atoms with van der Waals surface area (Å²) in [6.45, 7) is 2.43. The van der Waals surface area contributed by atoms with Gasteiger partial charge in [-0.25, -0.2) is 0 Å². The number of carbonyl (C=O) groups excluding carboxylic acids is 1. The van der Waals surface area contributed by atoms with Gasteiger partial charge < -0.3 is 20.5 Å². The van der Waals surface area contributed by atoms with Gasteiger partial charge in [0.2, 0.25) is 5.91 Å². The van der Waals surface area contributed by atoms with E-state index in [-0.39, 0.29) is 5.91 Å². The summed E-state index contributed by atoms with van der Waals surface area (Å²) >= 11 is 0. The maximum absolute atomic E-state index is 11.8. The molecule has 0 heterocycles. The van der Waals surface area contributed by atoms with Gasteiger partial charge >= 0.3 is 0 Å². The zero-order valence-electron chi connectivity index (χ0n) is 10.7. The molecule has 0 aromatic heterocycles. The number of anilines is 1. The Bertz CT molecular complexity index is 456. The fourth-order valence-corrected chi connectivity index (χ4v) is 1.64. The molecule has 98 valence electrons. The third-order valence-electron chi connectivity index (χ3n) is 2.96. The van der Waals surface area contributed by atoms with Gasteiger partial charge in [-0.2, -0.15) is 0 Å². The first-order valence-electron chi connectivity index (χ1n) is 6.00. The van der Waals surface area contributed by atoms with Gasteiger partial charge in [0.05, 0.1) is 19.3 Å². The third-order valence-corrected chi connectivity index (χ3v) is 2.96. The maximum Gasteiger partial charge on any atom is 0.244 e. The van der Waals surface area contributed by atoms with Crippen molar-refractivity contribution in [2.45, 2.75) is 25.3 Å². The van der Waals surface area contributed by atoms with E-state index < -0.39 is 5.54 Å². The molecule has 1 aliphatic carbocycles. The van der Waals surface area contributed by atoms with Crippen LogP contribution in [0.25, 0.3) is 0 Å². The molecular formula is C13H18N2O3. The highest BCUT2D eigenvalue weighted by Crippen LogP contribution is 2.35. The van der Waals surface area contributed by atoms with Gasteiger partial charge in [0.1, 0.15) is 0 Å². The van der Waals surface area contributed by atoms with Gasteiger partial charge in [0.25, 0.3) is 0 Å². The smallest absolute Gasteiger partial charge is 0.244 e. The molecule has 0 saturated heterocycles. The van der Waals surface area contributed by atoms with Crippen molar-refractivity contribution < 1.29 is 14.3 Å². The van der Waals surface area contributed by atoms with E-state index in [4.69, 9.17) is 15.2 Å². The highest BCUT2D eigenvalue weighted by molar-refractivity contribution is 6.00. The van der Waals surface area contributed by atoms with E-state index in [1.54, 1.807) is 25.3 Å². The van der Waals surface area contributed by atoms with E-state index in [0.29, 0.717) is 23.8 Å². The van der Waals surface area contributed by atoms with Crippen LogP contribution in [-0.4, -0.2) is 25.2 Å². The number of ether oxygens (including phenoxy) is 2. The van der Waals surface area contributed by atoms with E-state index in [9.17, 15) is 4.79 Å². The largest absolute Gasteiger partial charge is 0.493 e. The molecule has 0 radical (unpaired) electrons. The lowest BCUT2D eigenvalue weighted by molar-refractivity contribution is -0.118. The third kappa shape index (κ3) is 2.56. The van der Waals surface area contributed by atoms with Gasteiger partial charge in [-0.3, -0.25) is 4.79 Å². The van der Waals surface area contributed by atoms with Crippen molar-refractivity contribution in [3.05, 3.63) is 18.2 Å². The van der Waals surface area contributed by atoms with Gasteiger partial charge in [0, 0.05) is 11.8 Å². The Morgan fingerprint density at radius 1 is 1.44 bits per heavy atom. The molecule has 2 rings (SSSR count). The summed E-state index contributed by atoms with van der Waals surface area (Å²) in [5.74, 6) is 1.11. The second-order valence-electron chi connectivity index (χ2n) is 4.41. The Balaban J connectivity index is 2.13. The van der Waals surface area contributed by atoms with E-state index >= 15 is 0 Å². The monoisotopic (exact) mass is 250 g/mol. The highest BCUT2D eigenvalue weighted by atomic mass is 16.5. The SMILES string of the molecule is CCOc1cc(NC(=O)C2(N)CC2)ccc1OC. The van der Waals surface area contributed by atoms with E-state index in [1.807, 2.05) is 6.92 Å². The van der Waals surface area contributed by atoms with Gasteiger partial charge in [0.15, 0.2) is 11.5 Å². The molecule has 1 fully saturated rings. The van der Waals surface area contributed by atoms with Crippen molar-refractivity contribution >= 4 is 11.6 Å². The zero-order valence-corrected chi connectivity index (χ0v) is 10.7. The van der Waals surface area contributed by atoms with Crippen LogP contribution in [0.2, 0.25) is 0 Å². The van der Waals surface area contributed by atoms with Crippen LogP contribution in [-0.2, 0) is 4.79 Å². The molecule has 0 aliphatic heterocycles. The molecule has 1 aliphatic rings. The van der Waals surface area contributed by atoms with E-state index in [0.717, 1.165) is 12.8 Å². The summed E-state index contributed by atoms with van der Waals surface area (Å²) in [5.41, 5.74) is 5.82. The number of hydrogen-bond donors (Lipinski definition) is 2. The Labute approximate surface area is 106 Å². The molecular weight excluding hydrogens is 232 g/mol. The Kier molecular flexibility index (Phi) is 3.43. The lowest BCUT2D eigenvalue weighted by Gasteiger charge is -2.13. The Morgan fingerprint density at radius 3 is 2.72 bits per heavy atom. The number of benzene rings is 1. The van der Waals surface area contributed by atoms with Crippen LogP contribution in [0.5, 0.6) is 11.5 Å². The van der Waals surface area contributed by atoms with Crippen molar-refractivity contribution in [2.24, 2.45) is 5.73 Å². The first kappa shape index (κ1) is 12.7. The minimum absolute atomic E-state index is 0.143. The second-order valence-corrected chi connectivity index (χ2v) is 4.41. The summed E-state index contributed by atoms with van der Waals surface area (Å²) in [4.78, 5) is 11.8. The Hall–Kier alpha value is -1.75. The molecule has 5 nitrogen and oxygen atoms in total. The van der Waals surface area contributed by atoms with Crippen LogP contribution in [0.4, 0.5) is 5.69 Å². The van der Waals surface area contributed by atoms with E-state index in [1.165, 1.54) is 0 Å². The van der Waals surface area contributed by atoms with Crippen LogP contribution in [0.15, 0.2) is 18.2 Å². The van der Waals surface area contributed by atoms with E-state index in [2.05, 4.69) is 5.32 Å². The fraction of sp³-hybridized carbons (Fsp3) is 0.462. The Morgan fingerprint density at radius 2 is 2.17 bits per heavy atom. The molecule has 5 heteroatoms. The average molecular weight is 250 g/mol. The minimum Gasteiger partial charge on any atom is -0.493 e. The van der Waals surface area contributed by atoms with Crippen molar-refractivity contribution in [3.63, 3.8) is 0 Å². The first-order chi connectivity index (χ1) is 8.59. The van der Waals surface area contributed by atoms with Crippen LogP contribution in [0, 0.1) is 0 Å². The van der Waals surface area contributed by atoms with Crippen molar-refractivity contribution in [2.75, 3.05) is 19.0 Å². The molecule has 0 unspecified atom stereocenters. The topological polar surface area (TPSA) is 73.6 Å². The molecule has 0 atom stereocenters. The van der Waals surface area contributed by atoms with Gasteiger partial charge in [-0.05, 0) is 31.9 Å². The predicted octanol–water partition coefficient (Wildman–Crippen LogP) is 1.52. The summed E-state index contributed by atoms with van der Waals surface area (Å²) in [6.07, 6.45) is 1.49. The molecule has 3 N–H and O–H groups in total. The molecule has 1 aromatic rings. The normalized spacial score (nSPS) is 15.9. The van der Waals surface area contributed by atoms with Crippen LogP contribution >= 0.6 is 0 Å². The van der Waals surface area contributed by atoms with Crippen LogP contribution in [0.3, 0.4) is 0 Å². The van der Waals surface area contributed by atoms with Gasteiger partial charge in [-0.15, -0.1) is 0 Å². The number of carbonyl (C=O) groups is 1. The van der Waals surface area contributed by atoms with Crippen LogP contribution < -0.4 is 20.5 Å². The number of nitrogens with two attached hydrogens (primary N) is 1. The number of hydrogen-bond acceptors (Lipinski definition) is 4. The molecule has 1 amide bonds. The summed E-state index contributed by atoms with van der Waals surface area (Å²) < 4.78 is 10.6. The number of nitrogens with one attached hydrogen (secondary N) is 1. The number of methoxy groups -OCH3 is 1. The zero-order chi connectivity index (χ0) is 13.2. The van der Waals surface area contributed by atoms with Crippen molar-refractivity contribution in [3.8, 4) is 11.5 Å². The summed E-state index contributed by atoms with van der Waals surface area (Å²) in [5, 5.41) is 2.79. The molecule has 18 heavy (non-hydrogen) atoms. The lowest BCUT2D eigenvalue weighted by Crippen LogP contribution is -2.37. The fourth-order valence-electron chi connectivity index (χ4n) is 1.64. The average Bonchev–Trinajstić information content (AvgIpc) is 3.10. The maximum atomic E-state index is 11.8. The summed E-state index contributed by atoms with van der Waals surface area (Å²) in [7, 11) is 1.58. The molecule has 1 saturated carbocycles. The molecule has 0 spiro atoms. The number of rotatable bonds is 5. The predicted molar refractivity (Wildman–Crippen MR) is 68.9 cm³/mol. The quantitative estimate of drug-likeness (QED) is 0.831. The second kappa shape index (κ2) is 4.86. The van der Waals surface area contributed by atoms with Crippen molar-refractivity contribution in [1.29, 1.82) is 0 Å². The van der Waals surface area contributed by atoms with Crippen molar-refractivity contribution in [1.82, 2.24) is 0 Å². The molecule has 0 bridgehead atoms. The minimum atomic E-state index is -0.675. The first-order valence-corrected chi connectivity index (χ1v) is 6.00. The van der Waals surface area contributed by atoms with Crippen LogP contribution in [0.1, 0.15) is 19.8 Å². The number of amides is 1.